The van der Waals surface area contributed by atoms with Gasteiger partial charge in [-0.05, 0) is 18.2 Å². The molecule has 3 rings (SSSR count). The number of urea groups is 1. The van der Waals surface area contributed by atoms with Crippen molar-refractivity contribution in [2.24, 2.45) is 0 Å². The molecule has 0 atom stereocenters. The zero-order valence-electron chi connectivity index (χ0n) is 14.8. The van der Waals surface area contributed by atoms with Crippen LogP contribution in [0.25, 0.3) is 0 Å². The van der Waals surface area contributed by atoms with E-state index in [0.29, 0.717) is 30.1 Å². The van der Waals surface area contributed by atoms with Crippen molar-refractivity contribution in [2.45, 2.75) is 6.42 Å². The van der Waals surface area contributed by atoms with Crippen LogP contribution >= 0.6 is 0 Å². The van der Waals surface area contributed by atoms with E-state index in [1.54, 1.807) is 23.1 Å². The van der Waals surface area contributed by atoms with E-state index in [0.717, 1.165) is 0 Å². The molecule has 144 valence electrons. The molecule has 0 saturated carbocycles. The molecule has 10 nitrogen and oxygen atoms in total. The van der Waals surface area contributed by atoms with Crippen LogP contribution in [-0.4, -0.2) is 78.7 Å². The highest BCUT2D eigenvalue weighted by atomic mass is 16.5. The first-order valence-electron chi connectivity index (χ1n) is 8.47. The number of carboxylic acid groups (broad SMARTS) is 1. The van der Waals surface area contributed by atoms with Gasteiger partial charge < -0.3 is 19.6 Å². The SMILES string of the molecule is COc1cc(C(=O)N2CCN(C(=O)O)CC2)ccc1N1CCC(=O)NC1=O. The number of benzene rings is 1. The van der Waals surface area contributed by atoms with Crippen molar-refractivity contribution in [3.05, 3.63) is 23.8 Å². The number of hydrogen-bond donors (Lipinski definition) is 2. The van der Waals surface area contributed by atoms with Gasteiger partial charge in [0.15, 0.2) is 0 Å². The minimum absolute atomic E-state index is 0.184. The van der Waals surface area contributed by atoms with Gasteiger partial charge in [0.25, 0.3) is 5.91 Å². The lowest BCUT2D eigenvalue weighted by Crippen LogP contribution is -2.50. The van der Waals surface area contributed by atoms with E-state index in [-0.39, 0.29) is 37.9 Å². The van der Waals surface area contributed by atoms with Crippen LogP contribution in [0.4, 0.5) is 15.3 Å². The molecule has 0 spiro atoms. The number of piperazine rings is 1. The molecule has 2 heterocycles. The number of anilines is 1. The summed E-state index contributed by atoms with van der Waals surface area (Å²) in [6, 6.07) is 4.21. The third-order valence-corrected chi connectivity index (χ3v) is 4.61. The maximum Gasteiger partial charge on any atom is 0.407 e. The van der Waals surface area contributed by atoms with E-state index in [1.807, 2.05) is 0 Å². The lowest BCUT2D eigenvalue weighted by molar-refractivity contribution is -0.120. The summed E-state index contributed by atoms with van der Waals surface area (Å²) in [6.07, 6.45) is -0.810. The van der Waals surface area contributed by atoms with Crippen molar-refractivity contribution in [1.29, 1.82) is 0 Å². The van der Waals surface area contributed by atoms with Crippen LogP contribution in [0, 0.1) is 0 Å². The Morgan fingerprint density at radius 3 is 2.33 bits per heavy atom. The fourth-order valence-corrected chi connectivity index (χ4v) is 3.11. The Bertz CT molecular complexity index is 788. The van der Waals surface area contributed by atoms with Gasteiger partial charge >= 0.3 is 12.1 Å². The quantitative estimate of drug-likeness (QED) is 0.796. The molecule has 0 unspecified atom stereocenters. The third kappa shape index (κ3) is 3.78. The second-order valence-electron chi connectivity index (χ2n) is 6.20. The van der Waals surface area contributed by atoms with Crippen molar-refractivity contribution < 1.29 is 29.0 Å². The van der Waals surface area contributed by atoms with Crippen LogP contribution in [0.2, 0.25) is 0 Å². The van der Waals surface area contributed by atoms with E-state index in [9.17, 15) is 19.2 Å². The van der Waals surface area contributed by atoms with Gasteiger partial charge in [0.2, 0.25) is 5.91 Å². The van der Waals surface area contributed by atoms with Crippen LogP contribution in [0.1, 0.15) is 16.8 Å². The first-order chi connectivity index (χ1) is 12.9. The van der Waals surface area contributed by atoms with Gasteiger partial charge in [-0.25, -0.2) is 9.59 Å². The van der Waals surface area contributed by atoms with Crippen LogP contribution in [-0.2, 0) is 4.79 Å². The van der Waals surface area contributed by atoms with Gasteiger partial charge in [0.05, 0.1) is 12.8 Å². The normalized spacial score (nSPS) is 17.6. The molecule has 0 aliphatic carbocycles. The molecule has 27 heavy (non-hydrogen) atoms. The largest absolute Gasteiger partial charge is 0.495 e. The predicted molar refractivity (Wildman–Crippen MR) is 94.0 cm³/mol. The molecule has 0 bridgehead atoms. The zero-order chi connectivity index (χ0) is 19.6. The first kappa shape index (κ1) is 18.5. The fraction of sp³-hybridized carbons (Fsp3) is 0.412. The summed E-state index contributed by atoms with van der Waals surface area (Å²) in [5.41, 5.74) is 0.850. The molecule has 10 heteroatoms. The minimum Gasteiger partial charge on any atom is -0.495 e. The minimum atomic E-state index is -0.994. The highest BCUT2D eigenvalue weighted by Gasteiger charge is 2.28. The van der Waals surface area contributed by atoms with Crippen LogP contribution in [0.5, 0.6) is 5.75 Å². The first-order valence-corrected chi connectivity index (χ1v) is 8.47. The number of nitrogens with one attached hydrogen (secondary N) is 1. The number of carbonyl (C=O) groups is 4. The summed E-state index contributed by atoms with van der Waals surface area (Å²) in [5, 5.41) is 11.2. The topological polar surface area (TPSA) is 119 Å². The van der Waals surface area contributed by atoms with Crippen molar-refractivity contribution in [1.82, 2.24) is 15.1 Å². The van der Waals surface area contributed by atoms with Gasteiger partial charge in [-0.3, -0.25) is 19.8 Å². The molecule has 0 aromatic heterocycles. The Labute approximate surface area is 155 Å². The molecule has 0 radical (unpaired) electrons. The number of imide groups is 1. The lowest BCUT2D eigenvalue weighted by Gasteiger charge is -2.33. The van der Waals surface area contributed by atoms with Crippen LogP contribution in [0.15, 0.2) is 18.2 Å². The Morgan fingerprint density at radius 1 is 1.07 bits per heavy atom. The number of methoxy groups -OCH3 is 1. The van der Waals surface area contributed by atoms with Gasteiger partial charge in [0.1, 0.15) is 5.75 Å². The maximum atomic E-state index is 12.7. The van der Waals surface area contributed by atoms with Gasteiger partial charge in [0, 0.05) is 44.7 Å². The summed E-state index contributed by atoms with van der Waals surface area (Å²) in [5.74, 6) is -0.222. The van der Waals surface area contributed by atoms with E-state index >= 15 is 0 Å². The molecule has 1 aromatic rings. The Hall–Kier alpha value is -3.30. The van der Waals surface area contributed by atoms with Crippen molar-refractivity contribution in [3.63, 3.8) is 0 Å². The Kier molecular flexibility index (Phi) is 5.15. The molecule has 1 aromatic carbocycles. The summed E-state index contributed by atoms with van der Waals surface area (Å²) in [6.45, 7) is 1.37. The molecular weight excluding hydrogens is 356 g/mol. The molecule has 2 aliphatic rings. The highest BCUT2D eigenvalue weighted by Crippen LogP contribution is 2.31. The number of ether oxygens (including phenoxy) is 1. The molecular formula is C17H20N4O6. The number of amides is 5. The van der Waals surface area contributed by atoms with Crippen molar-refractivity contribution in [3.8, 4) is 5.75 Å². The Morgan fingerprint density at radius 2 is 1.74 bits per heavy atom. The zero-order valence-corrected chi connectivity index (χ0v) is 14.8. The van der Waals surface area contributed by atoms with E-state index < -0.39 is 12.1 Å². The van der Waals surface area contributed by atoms with Gasteiger partial charge in [-0.15, -0.1) is 0 Å². The molecule has 5 amide bonds. The van der Waals surface area contributed by atoms with E-state index in [2.05, 4.69) is 5.32 Å². The summed E-state index contributed by atoms with van der Waals surface area (Å²) in [7, 11) is 1.44. The van der Waals surface area contributed by atoms with Crippen molar-refractivity contribution in [2.75, 3.05) is 44.7 Å². The standard InChI is InChI=1S/C17H20N4O6/c1-27-13-10-11(15(23)19-6-8-20(9-7-19)17(25)26)2-3-12(13)21-5-4-14(22)18-16(21)24/h2-3,10H,4-9H2,1H3,(H,25,26)(H,18,22,24). The number of nitrogens with zero attached hydrogens (tertiary/aromatic N) is 3. The molecule has 2 aliphatic heterocycles. The smallest absolute Gasteiger partial charge is 0.407 e. The average Bonchev–Trinajstić information content (AvgIpc) is 2.67. The van der Waals surface area contributed by atoms with E-state index in [1.165, 1.54) is 16.9 Å². The van der Waals surface area contributed by atoms with Gasteiger partial charge in [-0.1, -0.05) is 0 Å². The highest BCUT2D eigenvalue weighted by molar-refractivity contribution is 6.06. The Balaban J connectivity index is 1.76. The van der Waals surface area contributed by atoms with Crippen LogP contribution < -0.4 is 15.0 Å². The molecule has 2 fully saturated rings. The van der Waals surface area contributed by atoms with Crippen molar-refractivity contribution >= 4 is 29.6 Å². The lowest BCUT2D eigenvalue weighted by atomic mass is 10.1. The summed E-state index contributed by atoms with van der Waals surface area (Å²) in [4.78, 5) is 51.3. The predicted octanol–water partition coefficient (Wildman–Crippen LogP) is 0.577. The second kappa shape index (κ2) is 7.52. The summed E-state index contributed by atoms with van der Waals surface area (Å²) >= 11 is 0. The fourth-order valence-electron chi connectivity index (χ4n) is 3.11. The van der Waals surface area contributed by atoms with Gasteiger partial charge in [-0.2, -0.15) is 0 Å². The maximum absolute atomic E-state index is 12.7. The van der Waals surface area contributed by atoms with Crippen LogP contribution in [0.3, 0.4) is 0 Å². The number of hydrogen-bond acceptors (Lipinski definition) is 5. The second-order valence-corrected chi connectivity index (χ2v) is 6.20. The summed E-state index contributed by atoms with van der Waals surface area (Å²) < 4.78 is 5.34. The monoisotopic (exact) mass is 376 g/mol. The number of rotatable bonds is 3. The van der Waals surface area contributed by atoms with E-state index in [4.69, 9.17) is 9.84 Å². The molecule has 2 saturated heterocycles. The average molecular weight is 376 g/mol. The third-order valence-electron chi connectivity index (χ3n) is 4.61. The molecule has 2 N–H and O–H groups in total. The number of carbonyl (C=O) groups excluding carboxylic acids is 3.